The Balaban J connectivity index is 2.05. The first-order valence-corrected chi connectivity index (χ1v) is 6.63. The molecule has 100 valence electrons. The van der Waals surface area contributed by atoms with Crippen LogP contribution in [0.2, 0.25) is 0 Å². The van der Waals surface area contributed by atoms with E-state index in [-0.39, 0.29) is 5.82 Å². The minimum absolute atomic E-state index is 0.281. The molecule has 0 aliphatic carbocycles. The lowest BCUT2D eigenvalue weighted by Gasteiger charge is -2.03. The zero-order chi connectivity index (χ0) is 14.7. The quantitative estimate of drug-likeness (QED) is 0.474. The molecular formula is C19H12FN. The molecule has 0 fully saturated rings. The number of rotatable bonds is 2. The summed E-state index contributed by atoms with van der Waals surface area (Å²) in [7, 11) is 0. The molecule has 3 aromatic carbocycles. The molecule has 1 nitrogen and oxygen atoms in total. The summed E-state index contributed by atoms with van der Waals surface area (Å²) in [5.41, 5.74) is 2.23. The van der Waals surface area contributed by atoms with E-state index < -0.39 is 0 Å². The summed E-state index contributed by atoms with van der Waals surface area (Å²) in [5.74, 6) is -0.281. The predicted molar refractivity (Wildman–Crippen MR) is 83.8 cm³/mol. The lowest BCUT2D eigenvalue weighted by Crippen LogP contribution is -1.83. The van der Waals surface area contributed by atoms with Crippen LogP contribution in [0.1, 0.15) is 11.1 Å². The maximum Gasteiger partial charge on any atom is 0.123 e. The molecule has 0 heterocycles. The normalized spacial score (nSPS) is 11.3. The monoisotopic (exact) mass is 273 g/mol. The van der Waals surface area contributed by atoms with Gasteiger partial charge in [0.05, 0.1) is 11.6 Å². The van der Waals surface area contributed by atoms with Gasteiger partial charge in [0.15, 0.2) is 0 Å². The van der Waals surface area contributed by atoms with Crippen molar-refractivity contribution in [1.82, 2.24) is 0 Å². The van der Waals surface area contributed by atoms with E-state index in [1.165, 1.54) is 12.1 Å². The van der Waals surface area contributed by atoms with Crippen LogP contribution in [0.25, 0.3) is 22.4 Å². The van der Waals surface area contributed by atoms with Crippen LogP contribution >= 0.6 is 0 Å². The molecule has 0 spiro atoms. The van der Waals surface area contributed by atoms with Crippen molar-refractivity contribution in [3.05, 3.63) is 83.7 Å². The Labute approximate surface area is 122 Å². The van der Waals surface area contributed by atoms with Gasteiger partial charge in [-0.3, -0.25) is 0 Å². The van der Waals surface area contributed by atoms with Crippen molar-refractivity contribution in [2.75, 3.05) is 0 Å². The second kappa shape index (κ2) is 5.60. The zero-order valence-corrected chi connectivity index (χ0v) is 11.3. The first kappa shape index (κ1) is 13.1. The summed E-state index contributed by atoms with van der Waals surface area (Å²) in [6.45, 7) is 0. The topological polar surface area (TPSA) is 23.8 Å². The number of nitriles is 1. The maximum atomic E-state index is 12.9. The predicted octanol–water partition coefficient (Wildman–Crippen LogP) is 5.04. The van der Waals surface area contributed by atoms with Crippen molar-refractivity contribution in [3.63, 3.8) is 0 Å². The second-order valence-corrected chi connectivity index (χ2v) is 4.78. The van der Waals surface area contributed by atoms with Gasteiger partial charge in [-0.15, -0.1) is 0 Å². The molecule has 0 saturated heterocycles. The second-order valence-electron chi connectivity index (χ2n) is 4.78. The molecule has 0 atom stereocenters. The highest BCUT2D eigenvalue weighted by atomic mass is 19.1. The van der Waals surface area contributed by atoms with E-state index in [0.29, 0.717) is 5.57 Å². The largest absolute Gasteiger partial charge is 0.207 e. The number of hydrogen-bond donors (Lipinski definition) is 0. The van der Waals surface area contributed by atoms with Gasteiger partial charge in [-0.05, 0) is 46.2 Å². The summed E-state index contributed by atoms with van der Waals surface area (Å²) in [6.07, 6.45) is 1.77. The zero-order valence-electron chi connectivity index (χ0n) is 11.3. The number of nitrogens with zero attached hydrogens (tertiary/aromatic N) is 1. The number of hydrogen-bond acceptors (Lipinski definition) is 1. The molecule has 0 N–H and O–H groups in total. The smallest absolute Gasteiger partial charge is 0.123 e. The van der Waals surface area contributed by atoms with Crippen LogP contribution in [-0.2, 0) is 0 Å². The summed E-state index contributed by atoms with van der Waals surface area (Å²) in [4.78, 5) is 0. The highest BCUT2D eigenvalue weighted by Gasteiger charge is 2.03. The van der Waals surface area contributed by atoms with Gasteiger partial charge in [0.25, 0.3) is 0 Å². The third kappa shape index (κ3) is 2.82. The van der Waals surface area contributed by atoms with E-state index in [2.05, 4.69) is 6.07 Å². The number of allylic oxidation sites excluding steroid dienone is 1. The Morgan fingerprint density at radius 2 is 1.62 bits per heavy atom. The third-order valence-electron chi connectivity index (χ3n) is 3.36. The average molecular weight is 273 g/mol. The SMILES string of the molecule is N#CC(=Cc1ccc(F)cc1)c1ccc2ccccc2c1. The highest BCUT2D eigenvalue weighted by molar-refractivity contribution is 5.94. The van der Waals surface area contributed by atoms with E-state index in [9.17, 15) is 9.65 Å². The Hall–Kier alpha value is -2.92. The fourth-order valence-electron chi connectivity index (χ4n) is 2.26. The van der Waals surface area contributed by atoms with Crippen molar-refractivity contribution < 1.29 is 4.39 Å². The van der Waals surface area contributed by atoms with Gasteiger partial charge in [-0.2, -0.15) is 5.26 Å². The van der Waals surface area contributed by atoms with E-state index >= 15 is 0 Å². The fourth-order valence-corrected chi connectivity index (χ4v) is 2.26. The minimum Gasteiger partial charge on any atom is -0.207 e. The Morgan fingerprint density at radius 1 is 0.905 bits per heavy atom. The van der Waals surface area contributed by atoms with Crippen LogP contribution in [-0.4, -0.2) is 0 Å². The van der Waals surface area contributed by atoms with Crippen LogP contribution in [0.4, 0.5) is 4.39 Å². The van der Waals surface area contributed by atoms with Crippen LogP contribution in [0, 0.1) is 17.1 Å². The highest BCUT2D eigenvalue weighted by Crippen LogP contribution is 2.22. The van der Waals surface area contributed by atoms with Crippen molar-refractivity contribution in [2.45, 2.75) is 0 Å². The molecule has 0 aromatic heterocycles. The number of benzene rings is 3. The molecule has 0 radical (unpaired) electrons. The molecule has 0 bridgehead atoms. The van der Waals surface area contributed by atoms with Gasteiger partial charge in [0.1, 0.15) is 5.82 Å². The summed E-state index contributed by atoms with van der Waals surface area (Å²) in [5, 5.41) is 11.6. The lowest BCUT2D eigenvalue weighted by atomic mass is 10.0. The minimum atomic E-state index is -0.281. The first-order valence-electron chi connectivity index (χ1n) is 6.63. The molecular weight excluding hydrogens is 261 g/mol. The fraction of sp³-hybridized carbons (Fsp3) is 0. The van der Waals surface area contributed by atoms with Gasteiger partial charge in [-0.25, -0.2) is 4.39 Å². The maximum absolute atomic E-state index is 12.9. The lowest BCUT2D eigenvalue weighted by molar-refractivity contribution is 0.628. The van der Waals surface area contributed by atoms with E-state index in [4.69, 9.17) is 0 Å². The van der Waals surface area contributed by atoms with Crippen molar-refractivity contribution >= 4 is 22.4 Å². The van der Waals surface area contributed by atoms with Crippen LogP contribution in [0.5, 0.6) is 0 Å². The number of fused-ring (bicyclic) bond motifs is 1. The average Bonchev–Trinajstić information content (AvgIpc) is 2.54. The summed E-state index contributed by atoms with van der Waals surface area (Å²) in [6, 6.07) is 22.3. The standard InChI is InChI=1S/C19H12FN/c20-19-9-5-14(6-10-19)11-18(13-21)17-8-7-15-3-1-2-4-16(15)12-17/h1-12H. The molecule has 21 heavy (non-hydrogen) atoms. The van der Waals surface area contributed by atoms with Crippen molar-refractivity contribution in [2.24, 2.45) is 0 Å². The number of halogens is 1. The van der Waals surface area contributed by atoms with Crippen molar-refractivity contribution in [3.8, 4) is 6.07 Å². The molecule has 0 saturated carbocycles. The van der Waals surface area contributed by atoms with Crippen LogP contribution < -0.4 is 0 Å². The molecule has 3 rings (SSSR count). The molecule has 0 amide bonds. The Kier molecular flexibility index (Phi) is 3.49. The molecule has 3 aromatic rings. The van der Waals surface area contributed by atoms with E-state index in [1.807, 2.05) is 42.5 Å². The molecule has 0 unspecified atom stereocenters. The molecule has 0 aliphatic heterocycles. The summed E-state index contributed by atoms with van der Waals surface area (Å²) < 4.78 is 12.9. The third-order valence-corrected chi connectivity index (χ3v) is 3.36. The van der Waals surface area contributed by atoms with Gasteiger partial charge < -0.3 is 0 Å². The van der Waals surface area contributed by atoms with Crippen molar-refractivity contribution in [1.29, 1.82) is 5.26 Å². The molecule has 0 aliphatic rings. The Bertz CT molecular complexity index is 855. The Morgan fingerprint density at radius 3 is 2.33 bits per heavy atom. The first-order chi connectivity index (χ1) is 10.3. The van der Waals surface area contributed by atoms with Gasteiger partial charge >= 0.3 is 0 Å². The van der Waals surface area contributed by atoms with E-state index in [0.717, 1.165) is 21.9 Å². The summed E-state index contributed by atoms with van der Waals surface area (Å²) >= 11 is 0. The van der Waals surface area contributed by atoms with Crippen LogP contribution in [0.3, 0.4) is 0 Å². The van der Waals surface area contributed by atoms with E-state index in [1.54, 1.807) is 18.2 Å². The van der Waals surface area contributed by atoms with Crippen LogP contribution in [0.15, 0.2) is 66.7 Å². The molecule has 2 heteroatoms. The van der Waals surface area contributed by atoms with Gasteiger partial charge in [-0.1, -0.05) is 48.5 Å². The van der Waals surface area contributed by atoms with Gasteiger partial charge in [0, 0.05) is 0 Å². The van der Waals surface area contributed by atoms with Gasteiger partial charge in [0.2, 0.25) is 0 Å².